The first kappa shape index (κ1) is 9.20. The molecule has 0 aromatic carbocycles. The van der Waals surface area contributed by atoms with Gasteiger partial charge >= 0.3 is 0 Å². The van der Waals surface area contributed by atoms with E-state index in [1.807, 2.05) is 0 Å². The molecule has 74 valence electrons. The lowest BCUT2D eigenvalue weighted by Crippen LogP contribution is -2.40. The van der Waals surface area contributed by atoms with Gasteiger partial charge in [-0.3, -0.25) is 4.79 Å². The quantitative estimate of drug-likeness (QED) is 0.669. The fraction of sp³-hybridized carbons (Fsp3) is 0.909. The number of nitrogens with one attached hydrogen (secondary N) is 1. The van der Waals surface area contributed by atoms with Crippen LogP contribution in [0.3, 0.4) is 0 Å². The fourth-order valence-electron chi connectivity index (χ4n) is 2.67. The minimum Gasteiger partial charge on any atom is -0.307 e. The van der Waals surface area contributed by atoms with Crippen molar-refractivity contribution >= 4 is 5.78 Å². The maximum absolute atomic E-state index is 11.7. The Hall–Kier alpha value is -0.370. The van der Waals surface area contributed by atoms with Gasteiger partial charge in [-0.2, -0.15) is 0 Å². The summed E-state index contributed by atoms with van der Waals surface area (Å²) in [6, 6.07) is 0.213. The van der Waals surface area contributed by atoms with Crippen molar-refractivity contribution in [2.75, 3.05) is 6.54 Å². The van der Waals surface area contributed by atoms with Crippen molar-refractivity contribution in [1.82, 2.24) is 5.32 Å². The van der Waals surface area contributed by atoms with Crippen molar-refractivity contribution < 1.29 is 4.79 Å². The molecule has 1 unspecified atom stereocenters. The molecule has 2 heteroatoms. The van der Waals surface area contributed by atoms with Crippen molar-refractivity contribution in [1.29, 1.82) is 0 Å². The van der Waals surface area contributed by atoms with Crippen molar-refractivity contribution in [3.63, 3.8) is 0 Å². The van der Waals surface area contributed by atoms with Crippen LogP contribution < -0.4 is 5.32 Å². The van der Waals surface area contributed by atoms with Gasteiger partial charge in [-0.15, -0.1) is 0 Å². The Labute approximate surface area is 80.1 Å². The normalized spacial score (nSPS) is 32.0. The van der Waals surface area contributed by atoms with Gasteiger partial charge in [0.1, 0.15) is 5.78 Å². The molecule has 1 aliphatic carbocycles. The van der Waals surface area contributed by atoms with E-state index >= 15 is 0 Å². The summed E-state index contributed by atoms with van der Waals surface area (Å²) < 4.78 is 0. The van der Waals surface area contributed by atoms with Gasteiger partial charge in [-0.1, -0.05) is 12.8 Å². The Morgan fingerprint density at radius 1 is 1.08 bits per heavy atom. The fourth-order valence-corrected chi connectivity index (χ4v) is 2.67. The number of rotatable bonds is 1. The first-order chi connectivity index (χ1) is 6.38. The zero-order valence-electron chi connectivity index (χ0n) is 8.22. The van der Waals surface area contributed by atoms with Crippen LogP contribution >= 0.6 is 0 Å². The molecular formula is C11H19NO. The topological polar surface area (TPSA) is 29.1 Å². The van der Waals surface area contributed by atoms with Gasteiger partial charge in [0.25, 0.3) is 0 Å². The van der Waals surface area contributed by atoms with Gasteiger partial charge in [0.2, 0.25) is 0 Å². The first-order valence-corrected chi connectivity index (χ1v) is 5.64. The van der Waals surface area contributed by atoms with Crippen LogP contribution in [-0.4, -0.2) is 18.4 Å². The Bertz CT molecular complexity index is 185. The van der Waals surface area contributed by atoms with Crippen LogP contribution in [0, 0.1) is 5.92 Å². The van der Waals surface area contributed by atoms with E-state index in [2.05, 4.69) is 5.32 Å². The van der Waals surface area contributed by atoms with Crippen molar-refractivity contribution in [3.05, 3.63) is 0 Å². The molecule has 0 amide bonds. The summed E-state index contributed by atoms with van der Waals surface area (Å²) in [5, 5.41) is 3.42. The van der Waals surface area contributed by atoms with E-state index in [1.54, 1.807) is 0 Å². The zero-order valence-corrected chi connectivity index (χ0v) is 8.22. The van der Waals surface area contributed by atoms with Crippen LogP contribution in [0.5, 0.6) is 0 Å². The highest BCUT2D eigenvalue weighted by atomic mass is 16.1. The standard InChI is InChI=1S/C11H19NO/c13-10-7-3-4-8-12-11(10)9-5-1-2-6-9/h9,11-12H,1-8H2. The second kappa shape index (κ2) is 4.23. The van der Waals surface area contributed by atoms with Gasteiger partial charge < -0.3 is 5.32 Å². The Morgan fingerprint density at radius 3 is 2.62 bits per heavy atom. The monoisotopic (exact) mass is 181 g/mol. The number of hydrogen-bond acceptors (Lipinski definition) is 2. The van der Waals surface area contributed by atoms with E-state index in [0.717, 1.165) is 19.4 Å². The summed E-state index contributed by atoms with van der Waals surface area (Å²) in [5.74, 6) is 1.13. The zero-order chi connectivity index (χ0) is 9.10. The minimum absolute atomic E-state index is 0.213. The summed E-state index contributed by atoms with van der Waals surface area (Å²) in [7, 11) is 0. The molecule has 1 N–H and O–H groups in total. The minimum atomic E-state index is 0.213. The second-order valence-corrected chi connectivity index (χ2v) is 4.40. The van der Waals surface area contributed by atoms with E-state index in [9.17, 15) is 4.79 Å². The molecule has 2 nitrogen and oxygen atoms in total. The molecule has 0 bridgehead atoms. The lowest BCUT2D eigenvalue weighted by molar-refractivity contribution is -0.121. The summed E-state index contributed by atoms with van der Waals surface area (Å²) in [4.78, 5) is 11.7. The molecule has 2 aliphatic rings. The highest BCUT2D eigenvalue weighted by Gasteiger charge is 2.30. The summed E-state index contributed by atoms with van der Waals surface area (Å²) >= 11 is 0. The number of carbonyl (C=O) groups is 1. The summed E-state index contributed by atoms with van der Waals surface area (Å²) in [6.45, 7) is 1.05. The number of hydrogen-bond donors (Lipinski definition) is 1. The summed E-state index contributed by atoms with van der Waals surface area (Å²) in [5.41, 5.74) is 0. The predicted molar refractivity (Wildman–Crippen MR) is 52.6 cm³/mol. The van der Waals surface area contributed by atoms with Gasteiger partial charge in [0.05, 0.1) is 6.04 Å². The molecule has 2 rings (SSSR count). The third-order valence-electron chi connectivity index (χ3n) is 3.43. The van der Waals surface area contributed by atoms with Crippen molar-refractivity contribution in [2.24, 2.45) is 5.92 Å². The average Bonchev–Trinajstić information content (AvgIpc) is 2.56. The smallest absolute Gasteiger partial charge is 0.150 e. The van der Waals surface area contributed by atoms with Gasteiger partial charge in [0.15, 0.2) is 0 Å². The van der Waals surface area contributed by atoms with Crippen LogP contribution in [0.2, 0.25) is 0 Å². The Balaban J connectivity index is 1.97. The molecule has 13 heavy (non-hydrogen) atoms. The second-order valence-electron chi connectivity index (χ2n) is 4.40. The molecule has 1 saturated heterocycles. The third kappa shape index (κ3) is 2.11. The van der Waals surface area contributed by atoms with Gasteiger partial charge in [-0.25, -0.2) is 0 Å². The van der Waals surface area contributed by atoms with E-state index in [-0.39, 0.29) is 6.04 Å². The van der Waals surface area contributed by atoms with E-state index in [4.69, 9.17) is 0 Å². The molecule has 1 aliphatic heterocycles. The lowest BCUT2D eigenvalue weighted by Gasteiger charge is -2.21. The van der Waals surface area contributed by atoms with E-state index < -0.39 is 0 Å². The van der Waals surface area contributed by atoms with E-state index in [0.29, 0.717) is 11.7 Å². The Morgan fingerprint density at radius 2 is 1.85 bits per heavy atom. The number of Topliss-reactive ketones (excluding diaryl/α,β-unsaturated/α-hetero) is 1. The van der Waals surface area contributed by atoms with Crippen LogP contribution in [0.1, 0.15) is 44.9 Å². The van der Waals surface area contributed by atoms with Crippen molar-refractivity contribution in [3.8, 4) is 0 Å². The maximum atomic E-state index is 11.7. The van der Waals surface area contributed by atoms with Crippen LogP contribution in [0.4, 0.5) is 0 Å². The van der Waals surface area contributed by atoms with Gasteiger partial charge in [0, 0.05) is 6.42 Å². The lowest BCUT2D eigenvalue weighted by atomic mass is 9.93. The first-order valence-electron chi connectivity index (χ1n) is 5.64. The summed E-state index contributed by atoms with van der Waals surface area (Å²) in [6.07, 6.45) is 8.28. The number of carbonyl (C=O) groups excluding carboxylic acids is 1. The molecule has 1 atom stereocenters. The highest BCUT2D eigenvalue weighted by Crippen LogP contribution is 2.29. The molecule has 0 aromatic rings. The van der Waals surface area contributed by atoms with Gasteiger partial charge in [-0.05, 0) is 38.1 Å². The van der Waals surface area contributed by atoms with Crippen LogP contribution in [-0.2, 0) is 4.79 Å². The molecule has 2 fully saturated rings. The largest absolute Gasteiger partial charge is 0.307 e. The maximum Gasteiger partial charge on any atom is 0.150 e. The van der Waals surface area contributed by atoms with Crippen LogP contribution in [0.15, 0.2) is 0 Å². The van der Waals surface area contributed by atoms with Crippen LogP contribution in [0.25, 0.3) is 0 Å². The Kier molecular flexibility index (Phi) is 2.99. The molecule has 0 radical (unpaired) electrons. The predicted octanol–water partition coefficient (Wildman–Crippen LogP) is 1.89. The third-order valence-corrected chi connectivity index (χ3v) is 3.43. The number of ketones is 1. The average molecular weight is 181 g/mol. The molecule has 1 saturated carbocycles. The highest BCUT2D eigenvalue weighted by molar-refractivity contribution is 5.84. The molecular weight excluding hydrogens is 162 g/mol. The molecule has 1 heterocycles. The van der Waals surface area contributed by atoms with Crippen molar-refractivity contribution in [2.45, 2.75) is 51.0 Å². The van der Waals surface area contributed by atoms with E-state index in [1.165, 1.54) is 32.1 Å². The molecule has 0 aromatic heterocycles. The SMILES string of the molecule is O=C1CCCCNC1C1CCCC1. The molecule has 0 spiro atoms.